The van der Waals surface area contributed by atoms with Crippen LogP contribution in [0.3, 0.4) is 0 Å². The van der Waals surface area contributed by atoms with Crippen molar-refractivity contribution in [1.82, 2.24) is 0 Å². The summed E-state index contributed by atoms with van der Waals surface area (Å²) in [6.07, 6.45) is 5.08. The molecular formula is C15H32O6P2. The van der Waals surface area contributed by atoms with Crippen LogP contribution in [0.1, 0.15) is 53.4 Å². The van der Waals surface area contributed by atoms with E-state index in [0.717, 1.165) is 25.7 Å². The van der Waals surface area contributed by atoms with Crippen molar-refractivity contribution in [3.63, 3.8) is 0 Å². The van der Waals surface area contributed by atoms with Gasteiger partial charge in [0, 0.05) is 5.82 Å². The Hall–Kier alpha value is 0.0400. The molecule has 8 heteroatoms. The third kappa shape index (κ3) is 11.3. The van der Waals surface area contributed by atoms with Crippen LogP contribution in [0, 0.1) is 0 Å². The van der Waals surface area contributed by atoms with Crippen LogP contribution in [-0.4, -0.2) is 32.6 Å². The largest absolute Gasteiger partial charge is 0.353 e. The lowest BCUT2D eigenvalue weighted by atomic mass is 10.4. The third-order valence-corrected chi connectivity index (χ3v) is 6.43. The summed E-state index contributed by atoms with van der Waals surface area (Å²) in [6, 6.07) is 0. The van der Waals surface area contributed by atoms with Gasteiger partial charge in [0.25, 0.3) is 0 Å². The molecule has 0 spiro atoms. The van der Waals surface area contributed by atoms with Gasteiger partial charge in [0.05, 0.1) is 32.6 Å². The molecule has 0 unspecified atom stereocenters. The molecule has 0 aliphatic heterocycles. The van der Waals surface area contributed by atoms with Crippen LogP contribution in [0.5, 0.6) is 0 Å². The fourth-order valence-electron chi connectivity index (χ4n) is 1.64. The van der Waals surface area contributed by atoms with Crippen LogP contribution < -0.4 is 0 Å². The quantitative estimate of drug-likeness (QED) is 0.276. The second kappa shape index (κ2) is 13.3. The maximum Gasteiger partial charge on any atom is 0.353 e. The summed E-state index contributed by atoms with van der Waals surface area (Å²) in [5.74, 6) is 1.38. The molecule has 6 nitrogen and oxygen atoms in total. The van der Waals surface area contributed by atoms with Gasteiger partial charge in [0.15, 0.2) is 0 Å². The first-order valence-electron chi connectivity index (χ1n) is 8.39. The van der Waals surface area contributed by atoms with Gasteiger partial charge in [-0.05, 0) is 26.7 Å². The molecule has 0 aromatic carbocycles. The van der Waals surface area contributed by atoms with E-state index in [2.05, 4.69) is 0 Å². The molecule has 0 aromatic rings. The Morgan fingerprint density at radius 2 is 1.26 bits per heavy atom. The fraction of sp³-hybridized carbons (Fsp3) is 0.867. The second-order valence-corrected chi connectivity index (χ2v) is 8.92. The zero-order chi connectivity index (χ0) is 17.6. The van der Waals surface area contributed by atoms with Crippen LogP contribution >= 0.6 is 15.2 Å². The first-order chi connectivity index (χ1) is 10.9. The predicted molar refractivity (Wildman–Crippen MR) is 94.2 cm³/mol. The number of rotatable bonds is 15. The Labute approximate surface area is 141 Å². The summed E-state index contributed by atoms with van der Waals surface area (Å²) in [6.45, 7) is 8.90. The van der Waals surface area contributed by atoms with Crippen molar-refractivity contribution in [1.29, 1.82) is 0 Å². The number of hydrogen-bond donors (Lipinski definition) is 0. The lowest BCUT2D eigenvalue weighted by molar-refractivity contribution is 0.207. The summed E-state index contributed by atoms with van der Waals surface area (Å²) in [7, 11) is -6.50. The van der Waals surface area contributed by atoms with E-state index in [-0.39, 0.29) is 6.16 Å². The van der Waals surface area contributed by atoms with E-state index in [0.29, 0.717) is 26.4 Å². The van der Waals surface area contributed by atoms with Gasteiger partial charge >= 0.3 is 15.2 Å². The van der Waals surface area contributed by atoms with Crippen molar-refractivity contribution in [2.75, 3.05) is 32.6 Å². The van der Waals surface area contributed by atoms with E-state index in [4.69, 9.17) is 18.1 Å². The second-order valence-electron chi connectivity index (χ2n) is 4.93. The van der Waals surface area contributed by atoms with Gasteiger partial charge in [0.1, 0.15) is 0 Å². The lowest BCUT2D eigenvalue weighted by Crippen LogP contribution is -2.00. The predicted octanol–water partition coefficient (Wildman–Crippen LogP) is 5.59. The van der Waals surface area contributed by atoms with Gasteiger partial charge in [-0.1, -0.05) is 32.8 Å². The first kappa shape index (κ1) is 23.0. The number of hydrogen-bond acceptors (Lipinski definition) is 6. The average Bonchev–Trinajstić information content (AvgIpc) is 2.48. The summed E-state index contributed by atoms with van der Waals surface area (Å²) in [4.78, 5) is 0. The van der Waals surface area contributed by atoms with Gasteiger partial charge in [-0.2, -0.15) is 0 Å². The van der Waals surface area contributed by atoms with Gasteiger partial charge in [-0.15, -0.1) is 0 Å². The van der Waals surface area contributed by atoms with Crippen molar-refractivity contribution in [2.24, 2.45) is 0 Å². The Bertz CT molecular complexity index is 387. The highest BCUT2D eigenvalue weighted by Gasteiger charge is 2.24. The third-order valence-electron chi connectivity index (χ3n) is 2.81. The van der Waals surface area contributed by atoms with E-state index >= 15 is 0 Å². The molecule has 138 valence electrons. The van der Waals surface area contributed by atoms with Gasteiger partial charge in [-0.25, -0.2) is 0 Å². The minimum absolute atomic E-state index is 0.0486. The Morgan fingerprint density at radius 1 is 0.783 bits per heavy atom. The van der Waals surface area contributed by atoms with Crippen molar-refractivity contribution >= 4 is 15.2 Å². The van der Waals surface area contributed by atoms with Crippen LogP contribution in [0.2, 0.25) is 0 Å². The highest BCUT2D eigenvalue weighted by Crippen LogP contribution is 2.52. The molecule has 0 atom stereocenters. The van der Waals surface area contributed by atoms with Crippen LogP contribution in [0.25, 0.3) is 0 Å². The van der Waals surface area contributed by atoms with Crippen molar-refractivity contribution in [2.45, 2.75) is 53.4 Å². The first-order valence-corrected chi connectivity index (χ1v) is 11.7. The van der Waals surface area contributed by atoms with Crippen LogP contribution in [-0.2, 0) is 27.2 Å². The molecule has 0 aromatic heterocycles. The standard InChI is InChI=1S/C15H32O6P2/c1-5-9-12-20-23(17,21-13-10-6-2)15-11-14-22(16,18-7-3)19-8-4/h11,15H,5-10,12-14H2,1-4H3/b15-11+. The molecule has 0 amide bonds. The number of unbranched alkanes of at least 4 members (excludes halogenated alkanes) is 2. The highest BCUT2D eigenvalue weighted by molar-refractivity contribution is 7.57. The molecule has 23 heavy (non-hydrogen) atoms. The van der Waals surface area contributed by atoms with Crippen molar-refractivity contribution in [3.05, 3.63) is 11.9 Å². The molecule has 0 rings (SSSR count). The van der Waals surface area contributed by atoms with Gasteiger partial charge < -0.3 is 18.1 Å². The molecule has 0 saturated heterocycles. The molecular weight excluding hydrogens is 338 g/mol. The summed E-state index contributed by atoms with van der Waals surface area (Å²) < 4.78 is 46.3. The topological polar surface area (TPSA) is 71.1 Å². The Balaban J connectivity index is 4.76. The molecule has 0 saturated carbocycles. The minimum atomic E-state index is -3.32. The molecule has 0 N–H and O–H groups in total. The zero-order valence-corrected chi connectivity index (χ0v) is 16.7. The molecule has 0 heterocycles. The minimum Gasteiger partial charge on any atom is -0.309 e. The molecule has 0 fully saturated rings. The fourth-order valence-corrected chi connectivity index (χ4v) is 4.62. The van der Waals surface area contributed by atoms with E-state index in [1.165, 1.54) is 11.9 Å². The summed E-state index contributed by atoms with van der Waals surface area (Å²) in [5.41, 5.74) is 0. The maximum absolute atomic E-state index is 12.7. The Kier molecular flexibility index (Phi) is 13.4. The monoisotopic (exact) mass is 370 g/mol. The highest BCUT2D eigenvalue weighted by atomic mass is 31.2. The average molecular weight is 370 g/mol. The van der Waals surface area contributed by atoms with E-state index in [1.54, 1.807) is 13.8 Å². The molecule has 0 radical (unpaired) electrons. The van der Waals surface area contributed by atoms with Crippen molar-refractivity contribution < 1.29 is 27.2 Å². The molecule has 0 aliphatic carbocycles. The number of allylic oxidation sites excluding steroid dienone is 1. The SMILES string of the molecule is CCCCOP(=O)(/C=C/CP(=O)(OCC)OCC)OCCCC. The maximum atomic E-state index is 12.7. The van der Waals surface area contributed by atoms with Gasteiger partial charge in [0.2, 0.25) is 0 Å². The van der Waals surface area contributed by atoms with Crippen LogP contribution in [0.15, 0.2) is 11.9 Å². The summed E-state index contributed by atoms with van der Waals surface area (Å²) in [5, 5.41) is 0. The van der Waals surface area contributed by atoms with E-state index in [1.807, 2.05) is 13.8 Å². The zero-order valence-electron chi connectivity index (χ0n) is 14.9. The van der Waals surface area contributed by atoms with E-state index in [9.17, 15) is 9.13 Å². The summed E-state index contributed by atoms with van der Waals surface area (Å²) >= 11 is 0. The van der Waals surface area contributed by atoms with Crippen molar-refractivity contribution in [3.8, 4) is 0 Å². The normalized spacial score (nSPS) is 13.0. The van der Waals surface area contributed by atoms with Crippen LogP contribution in [0.4, 0.5) is 0 Å². The lowest BCUT2D eigenvalue weighted by Gasteiger charge is -2.17. The smallest absolute Gasteiger partial charge is 0.309 e. The Morgan fingerprint density at radius 3 is 1.65 bits per heavy atom. The van der Waals surface area contributed by atoms with E-state index < -0.39 is 15.2 Å². The van der Waals surface area contributed by atoms with Gasteiger partial charge in [-0.3, -0.25) is 9.13 Å². The molecule has 0 aliphatic rings. The molecule has 0 bridgehead atoms.